The number of pyridine rings is 2. The molecule has 4 rings (SSSR count). The number of benzene rings is 2. The van der Waals surface area contributed by atoms with E-state index < -0.39 is 13.5 Å². The van der Waals surface area contributed by atoms with Gasteiger partial charge in [-0.15, -0.1) is 4.91 Å². The van der Waals surface area contributed by atoms with Crippen molar-refractivity contribution in [3.8, 4) is 5.75 Å². The molecule has 2 aromatic heterocycles. The summed E-state index contributed by atoms with van der Waals surface area (Å²) in [5.74, 6) is 1.22. The van der Waals surface area contributed by atoms with E-state index in [1.807, 2.05) is 40.6 Å². The predicted molar refractivity (Wildman–Crippen MR) is 165 cm³/mol. The van der Waals surface area contributed by atoms with E-state index in [0.29, 0.717) is 25.6 Å². The van der Waals surface area contributed by atoms with Crippen molar-refractivity contribution in [2.24, 2.45) is 4.95 Å². The van der Waals surface area contributed by atoms with Crippen LogP contribution in [0.4, 0.5) is 10.2 Å². The first-order valence-corrected chi connectivity index (χ1v) is 15.1. The number of anilines is 1. The molecule has 0 aliphatic heterocycles. The Bertz CT molecular complexity index is 1510. The minimum atomic E-state index is -2.58. The summed E-state index contributed by atoms with van der Waals surface area (Å²) in [5, 5.41) is -0.0554. The molecule has 4 aromatic rings. The maximum atomic E-state index is 13.9. The van der Waals surface area contributed by atoms with Crippen molar-refractivity contribution in [3.05, 3.63) is 75.8 Å². The number of aromatic nitrogens is 2. The van der Waals surface area contributed by atoms with Crippen LogP contribution >= 0.6 is 17.5 Å². The third-order valence-corrected chi connectivity index (χ3v) is 8.77. The van der Waals surface area contributed by atoms with Gasteiger partial charge in [-0.1, -0.05) is 27.4 Å². The zero-order valence-electron chi connectivity index (χ0n) is 23.2. The van der Waals surface area contributed by atoms with Crippen molar-refractivity contribution < 1.29 is 23.5 Å². The Morgan fingerprint density at radius 3 is 2.54 bits per heavy atom. The largest absolute Gasteiger partial charge is 0.491 e. The molecule has 12 heteroatoms. The number of nitrogen functional groups attached to an aromatic ring is 1. The lowest BCUT2D eigenvalue weighted by Crippen LogP contribution is -2.16. The number of nitroso groups, excluding NO2 is 1. The summed E-state index contributed by atoms with van der Waals surface area (Å²) in [5.41, 5.74) is 12.5. The fourth-order valence-electron chi connectivity index (χ4n) is 4.44. The van der Waals surface area contributed by atoms with Gasteiger partial charge in [0.2, 0.25) is 8.30 Å². The van der Waals surface area contributed by atoms with Crippen LogP contribution in [0.3, 0.4) is 0 Å². The average Bonchev–Trinajstić information content (AvgIpc) is 2.95. The Morgan fingerprint density at radius 1 is 1.02 bits per heavy atom. The van der Waals surface area contributed by atoms with Crippen LogP contribution in [-0.4, -0.2) is 53.0 Å². The van der Waals surface area contributed by atoms with Crippen molar-refractivity contribution in [3.63, 3.8) is 0 Å². The van der Waals surface area contributed by atoms with Crippen LogP contribution < -0.4 is 10.5 Å². The van der Waals surface area contributed by atoms with Gasteiger partial charge >= 0.3 is 0 Å². The van der Waals surface area contributed by atoms with Gasteiger partial charge in [-0.3, -0.25) is 4.98 Å². The number of fused-ring (bicyclic) bond motifs is 3. The van der Waals surface area contributed by atoms with E-state index in [9.17, 15) is 14.2 Å². The van der Waals surface area contributed by atoms with Gasteiger partial charge in [0.05, 0.1) is 31.9 Å². The highest BCUT2D eigenvalue weighted by atomic mass is 31.2. The normalized spacial score (nSPS) is 13.8. The molecule has 2 heterocycles. The van der Waals surface area contributed by atoms with Crippen molar-refractivity contribution in [2.75, 3.05) is 38.8 Å². The Balaban J connectivity index is 1.21. The smallest absolute Gasteiger partial charge is 0.241 e. The second-order valence-corrected chi connectivity index (χ2v) is 12.7. The van der Waals surface area contributed by atoms with Crippen LogP contribution in [0.5, 0.6) is 5.75 Å². The monoisotopic (exact) mass is 600 g/mol. The van der Waals surface area contributed by atoms with Crippen molar-refractivity contribution in [1.29, 1.82) is 0 Å². The summed E-state index contributed by atoms with van der Waals surface area (Å²) in [6, 6.07) is 14.4. The first kappa shape index (κ1) is 31.1. The molecule has 3 unspecified atom stereocenters. The van der Waals surface area contributed by atoms with E-state index in [2.05, 4.69) is 46.1 Å². The number of hydrogen-bond donors (Lipinski definition) is 2. The molecule has 3 atom stereocenters. The summed E-state index contributed by atoms with van der Waals surface area (Å²) < 4.78 is 30.5. The highest BCUT2D eigenvalue weighted by Gasteiger charge is 2.35. The molecular weight excluding hydrogens is 565 g/mol. The number of ether oxygens (including phenoxy) is 3. The first-order chi connectivity index (χ1) is 19.7. The van der Waals surface area contributed by atoms with Crippen LogP contribution in [0.25, 0.3) is 21.8 Å². The van der Waals surface area contributed by atoms with Gasteiger partial charge in [-0.05, 0) is 78.2 Å². The van der Waals surface area contributed by atoms with E-state index in [1.54, 1.807) is 0 Å². The number of hydrogen-bond acceptors (Lipinski definition) is 9. The lowest BCUT2D eigenvalue weighted by Gasteiger charge is -2.19. The van der Waals surface area contributed by atoms with Gasteiger partial charge in [-0.25, -0.2) is 9.37 Å². The summed E-state index contributed by atoms with van der Waals surface area (Å²) in [7, 11) is -0.759. The Labute approximate surface area is 242 Å². The molecule has 0 bridgehead atoms. The molecular formula is C29H35FN4O5P2. The average molecular weight is 601 g/mol. The van der Waals surface area contributed by atoms with Gasteiger partial charge in [-0.2, -0.15) is 0 Å². The summed E-state index contributed by atoms with van der Waals surface area (Å²) in [6.45, 7) is 5.50. The zero-order chi connectivity index (χ0) is 29.4. The molecule has 3 N–H and O–H groups in total. The third-order valence-electron chi connectivity index (χ3n) is 6.74. The Morgan fingerprint density at radius 2 is 1.78 bits per heavy atom. The Hall–Kier alpha value is -2.87. The van der Waals surface area contributed by atoms with Gasteiger partial charge in [0, 0.05) is 23.4 Å². The van der Waals surface area contributed by atoms with Crippen molar-refractivity contribution in [1.82, 2.24) is 9.97 Å². The molecule has 0 fully saturated rings. The maximum Gasteiger partial charge on any atom is 0.241 e. The SMILES string of the molecule is Cc1ccc2c(c1)nc(N)c1ncc(CCc3ccc(OCCOCCOCCC(F)(P)P(O)N=O)cc3C)cc12. The van der Waals surface area contributed by atoms with E-state index >= 15 is 0 Å². The first-order valence-electron chi connectivity index (χ1n) is 13.3. The van der Waals surface area contributed by atoms with E-state index in [0.717, 1.165) is 57.1 Å². The van der Waals surface area contributed by atoms with Gasteiger partial charge in [0.25, 0.3) is 0 Å². The summed E-state index contributed by atoms with van der Waals surface area (Å²) in [6.07, 6.45) is 3.44. The molecule has 218 valence electrons. The fraction of sp³-hybridized carbons (Fsp3) is 0.379. The van der Waals surface area contributed by atoms with Gasteiger partial charge < -0.3 is 24.8 Å². The Kier molecular flexibility index (Phi) is 10.9. The molecule has 2 aromatic carbocycles. The van der Waals surface area contributed by atoms with Gasteiger partial charge in [0.1, 0.15) is 17.9 Å². The highest BCUT2D eigenvalue weighted by molar-refractivity contribution is 7.60. The zero-order valence-corrected chi connectivity index (χ0v) is 25.2. The number of alkyl halides is 1. The lowest BCUT2D eigenvalue weighted by atomic mass is 9.99. The minimum absolute atomic E-state index is 0.0422. The van der Waals surface area contributed by atoms with E-state index in [-0.39, 0.29) is 19.6 Å². The van der Waals surface area contributed by atoms with Crippen LogP contribution in [0.2, 0.25) is 0 Å². The van der Waals surface area contributed by atoms with Crippen LogP contribution in [0.1, 0.15) is 28.7 Å². The molecule has 9 nitrogen and oxygen atoms in total. The van der Waals surface area contributed by atoms with Crippen molar-refractivity contribution >= 4 is 45.2 Å². The number of aryl methyl sites for hydroxylation is 4. The second kappa shape index (κ2) is 14.3. The summed E-state index contributed by atoms with van der Waals surface area (Å²) >= 11 is 0. The minimum Gasteiger partial charge on any atom is -0.491 e. The molecule has 41 heavy (non-hydrogen) atoms. The molecule has 0 radical (unpaired) electrons. The standard InChI is InChI=1S/C29H35FN4O5P2/c1-19-3-8-24-25-17-21(18-32-27(25)28(31)33-26(24)15-19)4-5-22-6-7-23(16-20(22)2)39-14-13-38-12-11-37-10-9-29(30,40)41(36)34-35/h3,6-8,15-18,36H,4-5,9-14,40H2,1-2H3,(H2,31,33). The predicted octanol–water partition coefficient (Wildman–Crippen LogP) is 6.14. The summed E-state index contributed by atoms with van der Waals surface area (Å²) in [4.78, 5) is 31.1. The molecule has 0 aliphatic rings. The topological polar surface area (TPSA) is 129 Å². The maximum absolute atomic E-state index is 13.9. The lowest BCUT2D eigenvalue weighted by molar-refractivity contribution is 0.0322. The third kappa shape index (κ3) is 8.34. The number of nitrogens with two attached hydrogens (primary N) is 1. The van der Waals surface area contributed by atoms with Crippen LogP contribution in [0, 0.1) is 18.8 Å². The van der Waals surface area contributed by atoms with E-state index in [4.69, 9.17) is 19.9 Å². The van der Waals surface area contributed by atoms with Crippen molar-refractivity contribution in [2.45, 2.75) is 38.3 Å². The number of rotatable bonds is 15. The second-order valence-electron chi connectivity index (χ2n) is 9.86. The molecule has 0 saturated carbocycles. The quantitative estimate of drug-likeness (QED) is 0.0721. The fourth-order valence-corrected chi connectivity index (χ4v) is 5.13. The van der Waals surface area contributed by atoms with E-state index in [1.165, 1.54) is 5.56 Å². The number of halogens is 1. The van der Waals surface area contributed by atoms with Crippen LogP contribution in [-0.2, 0) is 22.3 Å². The molecule has 0 aliphatic carbocycles. The molecule has 0 spiro atoms. The van der Waals surface area contributed by atoms with Crippen LogP contribution in [0.15, 0.2) is 53.6 Å². The molecule has 0 amide bonds. The highest BCUT2D eigenvalue weighted by Crippen LogP contribution is 2.54. The number of nitrogens with zero attached hydrogens (tertiary/aromatic N) is 3. The molecule has 0 saturated heterocycles. The van der Waals surface area contributed by atoms with Gasteiger partial charge in [0.15, 0.2) is 11.0 Å².